The predicted molar refractivity (Wildman–Crippen MR) is 66.5 cm³/mol. The van der Waals surface area contributed by atoms with Gasteiger partial charge in [0, 0.05) is 12.6 Å². The minimum Gasteiger partial charge on any atom is -0.468 e. The van der Waals surface area contributed by atoms with Crippen molar-refractivity contribution in [2.24, 2.45) is 11.7 Å². The highest BCUT2D eigenvalue weighted by atomic mass is 16.5. The van der Waals surface area contributed by atoms with Crippen LogP contribution >= 0.6 is 0 Å². The molecule has 1 saturated heterocycles. The van der Waals surface area contributed by atoms with E-state index in [1.807, 2.05) is 0 Å². The molecule has 1 aliphatic carbocycles. The molecule has 0 aromatic rings. The van der Waals surface area contributed by atoms with Gasteiger partial charge in [0.2, 0.25) is 0 Å². The minimum absolute atomic E-state index is 0.241. The van der Waals surface area contributed by atoms with Crippen molar-refractivity contribution in [2.75, 3.05) is 20.2 Å². The molecule has 3 unspecified atom stereocenters. The van der Waals surface area contributed by atoms with Crippen molar-refractivity contribution < 1.29 is 9.53 Å². The Balaban J connectivity index is 1.99. The predicted octanol–water partition coefficient (Wildman–Crippen LogP) is 1.14. The Bertz CT molecular complexity index is 295. The van der Waals surface area contributed by atoms with E-state index in [-0.39, 0.29) is 5.97 Å². The molecule has 0 spiro atoms. The number of hydrogen-bond donors (Lipinski definition) is 1. The third-order valence-corrected chi connectivity index (χ3v) is 4.32. The van der Waals surface area contributed by atoms with Crippen molar-refractivity contribution in [1.29, 1.82) is 0 Å². The normalized spacial score (nSPS) is 39.2. The number of hydrogen-bond acceptors (Lipinski definition) is 4. The van der Waals surface area contributed by atoms with Crippen LogP contribution < -0.4 is 5.73 Å². The number of carbonyl (C=O) groups excluding carboxylic acids is 1. The number of likely N-dealkylation sites (tertiary alicyclic amines) is 1. The maximum absolute atomic E-state index is 11.7. The summed E-state index contributed by atoms with van der Waals surface area (Å²) in [5.41, 5.74) is 5.46. The van der Waals surface area contributed by atoms with E-state index < -0.39 is 5.54 Å². The van der Waals surface area contributed by atoms with E-state index in [9.17, 15) is 4.79 Å². The lowest BCUT2D eigenvalue weighted by atomic mass is 9.79. The first-order valence-corrected chi connectivity index (χ1v) is 6.66. The number of ether oxygens (including phenoxy) is 1. The van der Waals surface area contributed by atoms with Crippen LogP contribution in [0, 0.1) is 5.92 Å². The third kappa shape index (κ3) is 2.63. The third-order valence-electron chi connectivity index (χ3n) is 4.32. The molecule has 1 aliphatic heterocycles. The number of nitrogens with two attached hydrogens (primary N) is 1. The lowest BCUT2D eigenvalue weighted by Crippen LogP contribution is -2.55. The van der Waals surface area contributed by atoms with Crippen LogP contribution in [0.3, 0.4) is 0 Å². The first kappa shape index (κ1) is 12.8. The number of esters is 1. The van der Waals surface area contributed by atoms with Gasteiger partial charge < -0.3 is 15.4 Å². The van der Waals surface area contributed by atoms with Crippen molar-refractivity contribution in [3.8, 4) is 0 Å². The number of methoxy groups -OCH3 is 1. The topological polar surface area (TPSA) is 55.6 Å². The molecular weight excluding hydrogens is 216 g/mol. The molecule has 0 aromatic carbocycles. The van der Waals surface area contributed by atoms with Crippen LogP contribution in [0.2, 0.25) is 0 Å². The van der Waals surface area contributed by atoms with Crippen molar-refractivity contribution in [3.05, 3.63) is 0 Å². The SMILES string of the molecule is COC(=O)C1(N)CCCC(N2CCC(C)C2)C1. The molecule has 3 atom stereocenters. The summed E-state index contributed by atoms with van der Waals surface area (Å²) in [5, 5.41) is 0. The monoisotopic (exact) mass is 240 g/mol. The Morgan fingerprint density at radius 2 is 2.24 bits per heavy atom. The second-order valence-corrected chi connectivity index (χ2v) is 5.79. The Labute approximate surface area is 103 Å². The van der Waals surface area contributed by atoms with Gasteiger partial charge in [0.1, 0.15) is 5.54 Å². The molecule has 0 amide bonds. The zero-order chi connectivity index (χ0) is 12.5. The van der Waals surface area contributed by atoms with Crippen molar-refractivity contribution in [2.45, 2.75) is 50.6 Å². The molecule has 4 nitrogen and oxygen atoms in total. The number of carbonyl (C=O) groups is 1. The van der Waals surface area contributed by atoms with Crippen molar-refractivity contribution in [1.82, 2.24) is 4.90 Å². The zero-order valence-electron chi connectivity index (χ0n) is 10.9. The van der Waals surface area contributed by atoms with Gasteiger partial charge in [0.25, 0.3) is 0 Å². The maximum Gasteiger partial charge on any atom is 0.325 e. The molecule has 2 rings (SSSR count). The van der Waals surface area contributed by atoms with Crippen LogP contribution in [0.1, 0.15) is 39.0 Å². The van der Waals surface area contributed by atoms with E-state index in [2.05, 4.69) is 11.8 Å². The second-order valence-electron chi connectivity index (χ2n) is 5.79. The quantitative estimate of drug-likeness (QED) is 0.735. The summed E-state index contributed by atoms with van der Waals surface area (Å²) >= 11 is 0. The largest absolute Gasteiger partial charge is 0.468 e. The van der Waals surface area contributed by atoms with E-state index in [4.69, 9.17) is 10.5 Å². The Kier molecular flexibility index (Phi) is 3.73. The highest BCUT2D eigenvalue weighted by Crippen LogP contribution is 2.32. The maximum atomic E-state index is 11.7. The standard InChI is InChI=1S/C13H24N2O2/c1-10-5-7-15(9-10)11-4-3-6-13(14,8-11)12(16)17-2/h10-11H,3-9,14H2,1-2H3. The van der Waals surface area contributed by atoms with Crippen LogP contribution in [-0.4, -0.2) is 42.6 Å². The first-order chi connectivity index (χ1) is 8.05. The summed E-state index contributed by atoms with van der Waals surface area (Å²) in [4.78, 5) is 14.3. The molecule has 2 N–H and O–H groups in total. The van der Waals surface area contributed by atoms with Gasteiger partial charge in [0.05, 0.1) is 7.11 Å². The van der Waals surface area contributed by atoms with Crippen molar-refractivity contribution >= 4 is 5.97 Å². The smallest absolute Gasteiger partial charge is 0.325 e. The number of rotatable bonds is 2. The molecule has 2 fully saturated rings. The summed E-state index contributed by atoms with van der Waals surface area (Å²) in [7, 11) is 1.43. The van der Waals surface area contributed by atoms with Crippen LogP contribution in [0.4, 0.5) is 0 Å². The highest BCUT2D eigenvalue weighted by molar-refractivity contribution is 5.80. The Morgan fingerprint density at radius 1 is 1.47 bits per heavy atom. The molecular formula is C13H24N2O2. The van der Waals surface area contributed by atoms with Gasteiger partial charge in [-0.1, -0.05) is 6.92 Å². The summed E-state index contributed by atoms with van der Waals surface area (Å²) < 4.78 is 4.84. The average molecular weight is 240 g/mol. The molecule has 1 heterocycles. The van der Waals surface area contributed by atoms with Gasteiger partial charge >= 0.3 is 5.97 Å². The van der Waals surface area contributed by atoms with E-state index in [0.29, 0.717) is 6.04 Å². The second kappa shape index (κ2) is 4.94. The highest BCUT2D eigenvalue weighted by Gasteiger charge is 2.42. The van der Waals surface area contributed by atoms with E-state index in [1.165, 1.54) is 20.0 Å². The lowest BCUT2D eigenvalue weighted by molar-refractivity contribution is -0.149. The van der Waals surface area contributed by atoms with E-state index in [0.717, 1.165) is 38.3 Å². The van der Waals surface area contributed by atoms with Gasteiger partial charge in [-0.25, -0.2) is 0 Å². The summed E-state index contributed by atoms with van der Waals surface area (Å²) in [6, 6.07) is 0.470. The van der Waals surface area contributed by atoms with Gasteiger partial charge in [0.15, 0.2) is 0 Å². The first-order valence-electron chi connectivity index (χ1n) is 6.66. The molecule has 98 valence electrons. The molecule has 4 heteroatoms. The molecule has 1 saturated carbocycles. The van der Waals surface area contributed by atoms with Crippen LogP contribution in [-0.2, 0) is 9.53 Å². The summed E-state index contributed by atoms with van der Waals surface area (Å²) in [5.74, 6) is 0.539. The van der Waals surface area contributed by atoms with E-state index in [1.54, 1.807) is 0 Å². The minimum atomic E-state index is -0.747. The van der Waals surface area contributed by atoms with Gasteiger partial charge in [-0.15, -0.1) is 0 Å². The number of nitrogens with zero attached hydrogens (tertiary/aromatic N) is 1. The molecule has 2 aliphatic rings. The lowest BCUT2D eigenvalue weighted by Gasteiger charge is -2.39. The van der Waals surface area contributed by atoms with Crippen molar-refractivity contribution in [3.63, 3.8) is 0 Å². The van der Waals surface area contributed by atoms with Gasteiger partial charge in [-0.2, -0.15) is 0 Å². The molecule has 0 bridgehead atoms. The van der Waals surface area contributed by atoms with Crippen LogP contribution in [0.5, 0.6) is 0 Å². The van der Waals surface area contributed by atoms with Gasteiger partial charge in [-0.05, 0) is 44.6 Å². The fourth-order valence-electron chi connectivity index (χ4n) is 3.28. The van der Waals surface area contributed by atoms with E-state index >= 15 is 0 Å². The molecule has 0 radical (unpaired) electrons. The summed E-state index contributed by atoms with van der Waals surface area (Å²) in [6.45, 7) is 4.60. The Morgan fingerprint density at radius 3 is 2.82 bits per heavy atom. The van der Waals surface area contributed by atoms with Gasteiger partial charge in [-0.3, -0.25) is 4.79 Å². The van der Waals surface area contributed by atoms with Crippen LogP contribution in [0.15, 0.2) is 0 Å². The average Bonchev–Trinajstić information content (AvgIpc) is 2.75. The molecule has 0 aromatic heterocycles. The fourth-order valence-corrected chi connectivity index (χ4v) is 3.28. The summed E-state index contributed by atoms with van der Waals surface area (Å²) in [6.07, 6.45) is 4.99. The zero-order valence-corrected chi connectivity index (χ0v) is 10.9. The Hall–Kier alpha value is -0.610. The fraction of sp³-hybridized carbons (Fsp3) is 0.923. The molecule has 17 heavy (non-hydrogen) atoms. The van der Waals surface area contributed by atoms with Crippen LogP contribution in [0.25, 0.3) is 0 Å².